The molecule has 0 saturated carbocycles. The van der Waals surface area contributed by atoms with Gasteiger partial charge in [-0.3, -0.25) is 0 Å². The molecule has 156 valence electrons. The molecule has 4 aromatic carbocycles. The molecule has 0 aromatic heterocycles. The van der Waals surface area contributed by atoms with E-state index in [0.29, 0.717) is 25.7 Å². The Labute approximate surface area is 186 Å². The van der Waals surface area contributed by atoms with E-state index in [4.69, 9.17) is 9.47 Å². The van der Waals surface area contributed by atoms with Gasteiger partial charge in [-0.05, 0) is 21.5 Å². The lowest BCUT2D eigenvalue weighted by atomic mass is 10.2. The molecule has 0 radical (unpaired) electrons. The first kappa shape index (κ1) is 21.3. The van der Waals surface area contributed by atoms with Crippen molar-refractivity contribution in [1.29, 1.82) is 0 Å². The summed E-state index contributed by atoms with van der Waals surface area (Å²) < 4.78 is 12.8. The Hall–Kier alpha value is -2.98. The number of hydrogen-bond acceptors (Lipinski definition) is 2. The lowest BCUT2D eigenvalue weighted by Gasteiger charge is -2.32. The molecule has 0 unspecified atom stereocenters. The van der Waals surface area contributed by atoms with Crippen LogP contribution < -0.4 is 10.4 Å². The van der Waals surface area contributed by atoms with Gasteiger partial charge in [-0.1, -0.05) is 121 Å². The third kappa shape index (κ3) is 5.59. The van der Waals surface area contributed by atoms with Gasteiger partial charge >= 0.3 is 0 Å². The molecule has 0 aliphatic rings. The molecule has 0 spiro atoms. The van der Waals surface area contributed by atoms with Gasteiger partial charge in [0.05, 0.1) is 25.7 Å². The zero-order valence-corrected chi connectivity index (χ0v) is 18.7. The standard InChI is InChI=1S/C28H28O2Si/c1-5-13-25(14-6-1)21-29-23-31(27-17-9-3-10-18-27,28-19-11-4-12-20-28)24-30-22-26-15-7-2-8-16-26/h1-20H,21-24H2. The van der Waals surface area contributed by atoms with Gasteiger partial charge in [0.25, 0.3) is 0 Å². The highest BCUT2D eigenvalue weighted by Crippen LogP contribution is 2.12. The molecule has 0 bridgehead atoms. The summed E-state index contributed by atoms with van der Waals surface area (Å²) >= 11 is 0. The average molecular weight is 425 g/mol. The molecule has 4 rings (SSSR count). The van der Waals surface area contributed by atoms with E-state index >= 15 is 0 Å². The monoisotopic (exact) mass is 424 g/mol. The van der Waals surface area contributed by atoms with Crippen LogP contribution in [0.1, 0.15) is 11.1 Å². The Morgan fingerprint density at radius 2 is 0.742 bits per heavy atom. The lowest BCUT2D eigenvalue weighted by molar-refractivity contribution is 0.137. The number of rotatable bonds is 10. The van der Waals surface area contributed by atoms with Crippen molar-refractivity contribution in [3.63, 3.8) is 0 Å². The van der Waals surface area contributed by atoms with E-state index in [9.17, 15) is 0 Å². The van der Waals surface area contributed by atoms with Crippen molar-refractivity contribution in [2.24, 2.45) is 0 Å². The van der Waals surface area contributed by atoms with Gasteiger partial charge in [-0.15, -0.1) is 0 Å². The second-order valence-corrected chi connectivity index (χ2v) is 11.7. The molecular formula is C28H28O2Si. The minimum atomic E-state index is -2.30. The molecular weight excluding hydrogens is 396 g/mol. The first-order valence-electron chi connectivity index (χ1n) is 10.7. The maximum absolute atomic E-state index is 6.38. The van der Waals surface area contributed by atoms with Gasteiger partial charge in [0.1, 0.15) is 0 Å². The van der Waals surface area contributed by atoms with Crippen LogP contribution in [0.2, 0.25) is 0 Å². The van der Waals surface area contributed by atoms with Crippen molar-refractivity contribution >= 4 is 18.4 Å². The summed E-state index contributed by atoms with van der Waals surface area (Å²) in [4.78, 5) is 0. The Kier molecular flexibility index (Phi) is 7.45. The fourth-order valence-corrected chi connectivity index (χ4v) is 7.54. The first-order valence-corrected chi connectivity index (χ1v) is 13.1. The fraction of sp³-hybridized carbons (Fsp3) is 0.143. The molecule has 0 saturated heterocycles. The molecule has 2 nitrogen and oxygen atoms in total. The van der Waals surface area contributed by atoms with Crippen LogP contribution in [-0.4, -0.2) is 20.5 Å². The number of benzene rings is 4. The number of hydrogen-bond donors (Lipinski definition) is 0. The topological polar surface area (TPSA) is 18.5 Å². The van der Waals surface area contributed by atoms with Gasteiger partial charge in [0, 0.05) is 0 Å². The summed E-state index contributed by atoms with van der Waals surface area (Å²) in [5.41, 5.74) is 2.38. The van der Waals surface area contributed by atoms with Crippen molar-refractivity contribution in [2.75, 3.05) is 12.5 Å². The lowest BCUT2D eigenvalue weighted by Crippen LogP contribution is -2.65. The van der Waals surface area contributed by atoms with Crippen LogP contribution in [0, 0.1) is 0 Å². The van der Waals surface area contributed by atoms with E-state index < -0.39 is 8.07 Å². The predicted octanol–water partition coefficient (Wildman–Crippen LogP) is 4.76. The second-order valence-electron chi connectivity index (χ2n) is 7.77. The van der Waals surface area contributed by atoms with Gasteiger partial charge in [0.2, 0.25) is 0 Å². The van der Waals surface area contributed by atoms with E-state index in [1.807, 2.05) is 12.1 Å². The highest BCUT2D eigenvalue weighted by molar-refractivity contribution is 7.02. The quantitative estimate of drug-likeness (QED) is 0.342. The molecule has 0 fully saturated rings. The average Bonchev–Trinajstić information content (AvgIpc) is 2.85. The van der Waals surface area contributed by atoms with E-state index in [1.54, 1.807) is 0 Å². The Morgan fingerprint density at radius 1 is 0.419 bits per heavy atom. The fourth-order valence-electron chi connectivity index (χ4n) is 3.89. The summed E-state index contributed by atoms with van der Waals surface area (Å²) in [6.45, 7) is 1.21. The molecule has 3 heteroatoms. The van der Waals surface area contributed by atoms with Gasteiger partial charge < -0.3 is 9.47 Å². The molecule has 0 aliphatic carbocycles. The zero-order valence-electron chi connectivity index (χ0n) is 17.7. The molecule has 31 heavy (non-hydrogen) atoms. The summed E-state index contributed by atoms with van der Waals surface area (Å²) in [6.07, 6.45) is 1.34. The van der Waals surface area contributed by atoms with E-state index in [0.717, 1.165) is 0 Å². The summed E-state index contributed by atoms with van der Waals surface area (Å²) in [5, 5.41) is 2.67. The molecule has 0 atom stereocenters. The third-order valence-corrected chi connectivity index (χ3v) is 9.84. The van der Waals surface area contributed by atoms with Gasteiger partial charge in [-0.2, -0.15) is 0 Å². The normalized spacial score (nSPS) is 11.4. The van der Waals surface area contributed by atoms with Crippen LogP contribution in [0.25, 0.3) is 0 Å². The molecule has 0 aliphatic heterocycles. The summed E-state index contributed by atoms with van der Waals surface area (Å²) in [5.74, 6) is 0. The van der Waals surface area contributed by atoms with Crippen LogP contribution in [-0.2, 0) is 22.7 Å². The SMILES string of the molecule is c1ccc(COC[Si](COCc2ccccc2)(c2ccccc2)c2ccccc2)cc1. The largest absolute Gasteiger partial charge is 0.379 e. The Balaban J connectivity index is 1.61. The second kappa shape index (κ2) is 10.9. The van der Waals surface area contributed by atoms with Crippen LogP contribution in [0.3, 0.4) is 0 Å². The third-order valence-electron chi connectivity index (χ3n) is 5.57. The van der Waals surface area contributed by atoms with Crippen LogP contribution in [0.4, 0.5) is 0 Å². The Morgan fingerprint density at radius 3 is 1.10 bits per heavy atom. The smallest absolute Gasteiger partial charge is 0.171 e. The number of ether oxygens (including phenoxy) is 2. The molecule has 0 heterocycles. The minimum Gasteiger partial charge on any atom is -0.379 e. The first-order chi connectivity index (χ1) is 15.4. The van der Waals surface area contributed by atoms with Gasteiger partial charge in [0.15, 0.2) is 8.07 Å². The minimum absolute atomic E-state index is 0.605. The summed E-state index contributed by atoms with van der Waals surface area (Å²) in [7, 11) is -2.30. The van der Waals surface area contributed by atoms with Crippen LogP contribution >= 0.6 is 0 Å². The zero-order chi connectivity index (χ0) is 21.2. The van der Waals surface area contributed by atoms with Crippen molar-refractivity contribution in [1.82, 2.24) is 0 Å². The molecule has 4 aromatic rings. The van der Waals surface area contributed by atoms with Crippen molar-refractivity contribution in [3.05, 3.63) is 132 Å². The van der Waals surface area contributed by atoms with Crippen LogP contribution in [0.15, 0.2) is 121 Å². The van der Waals surface area contributed by atoms with E-state index in [1.165, 1.54) is 21.5 Å². The molecule has 0 amide bonds. The van der Waals surface area contributed by atoms with E-state index in [-0.39, 0.29) is 0 Å². The maximum Gasteiger partial charge on any atom is 0.171 e. The van der Waals surface area contributed by atoms with Gasteiger partial charge in [-0.25, -0.2) is 0 Å². The molecule has 0 N–H and O–H groups in total. The predicted molar refractivity (Wildman–Crippen MR) is 130 cm³/mol. The van der Waals surface area contributed by atoms with E-state index in [2.05, 4.69) is 109 Å². The van der Waals surface area contributed by atoms with Crippen molar-refractivity contribution in [2.45, 2.75) is 13.2 Å². The van der Waals surface area contributed by atoms with Crippen molar-refractivity contribution in [3.8, 4) is 0 Å². The highest BCUT2D eigenvalue weighted by atomic mass is 28.3. The summed E-state index contributed by atoms with van der Waals surface area (Å²) in [6, 6.07) is 42.3. The maximum atomic E-state index is 6.38. The van der Waals surface area contributed by atoms with Crippen molar-refractivity contribution < 1.29 is 9.47 Å². The Bertz CT molecular complexity index is 935. The highest BCUT2D eigenvalue weighted by Gasteiger charge is 2.38. The van der Waals surface area contributed by atoms with Crippen LogP contribution in [0.5, 0.6) is 0 Å².